The largest absolute Gasteiger partial charge is 0.321 e. The number of aromatic nitrogens is 2. The fourth-order valence-corrected chi connectivity index (χ4v) is 3.03. The molecule has 25 heavy (non-hydrogen) atoms. The highest BCUT2D eigenvalue weighted by Gasteiger charge is 2.12. The Hall–Kier alpha value is -2.46. The smallest absolute Gasteiger partial charge is 0.255 e. The van der Waals surface area contributed by atoms with Gasteiger partial charge in [-0.1, -0.05) is 31.5 Å². The third-order valence-corrected chi connectivity index (χ3v) is 4.44. The van der Waals surface area contributed by atoms with Crippen molar-refractivity contribution in [3.05, 3.63) is 63.9 Å². The Labute approximate surface area is 152 Å². The van der Waals surface area contributed by atoms with Crippen LogP contribution in [0, 0.1) is 6.92 Å². The molecule has 0 unspecified atom stereocenters. The van der Waals surface area contributed by atoms with Gasteiger partial charge in [0, 0.05) is 5.56 Å². The van der Waals surface area contributed by atoms with Crippen LogP contribution in [0.4, 0.5) is 5.69 Å². The van der Waals surface area contributed by atoms with Crippen molar-refractivity contribution in [3.63, 3.8) is 0 Å². The lowest BCUT2D eigenvalue weighted by atomic mass is 10.1. The summed E-state index contributed by atoms with van der Waals surface area (Å²) in [7, 11) is 0. The number of anilines is 1. The summed E-state index contributed by atoms with van der Waals surface area (Å²) >= 11 is 6.19. The number of carbonyl (C=O) groups excluding carboxylic acids is 1. The van der Waals surface area contributed by atoms with Gasteiger partial charge in [-0.2, -0.15) is 0 Å². The Balaban J connectivity index is 1.93. The molecule has 0 aliphatic rings. The molecule has 0 aliphatic carbocycles. The molecule has 5 heteroatoms. The number of amides is 1. The van der Waals surface area contributed by atoms with Gasteiger partial charge in [-0.25, -0.2) is 9.97 Å². The van der Waals surface area contributed by atoms with Crippen LogP contribution in [0.3, 0.4) is 0 Å². The minimum atomic E-state index is -0.216. The first kappa shape index (κ1) is 17.4. The molecular formula is C20H20ClN3O. The van der Waals surface area contributed by atoms with Crippen LogP contribution < -0.4 is 5.32 Å². The van der Waals surface area contributed by atoms with Crippen molar-refractivity contribution in [1.29, 1.82) is 0 Å². The number of hydrogen-bond acceptors (Lipinski definition) is 3. The van der Waals surface area contributed by atoms with E-state index in [1.165, 1.54) is 0 Å². The van der Waals surface area contributed by atoms with Crippen LogP contribution in [-0.4, -0.2) is 15.9 Å². The van der Waals surface area contributed by atoms with Gasteiger partial charge in [0.25, 0.3) is 5.91 Å². The molecule has 0 bridgehead atoms. The van der Waals surface area contributed by atoms with Gasteiger partial charge in [0.2, 0.25) is 0 Å². The van der Waals surface area contributed by atoms with E-state index in [1.54, 1.807) is 18.2 Å². The number of hydrogen-bond donors (Lipinski definition) is 1. The van der Waals surface area contributed by atoms with Crippen molar-refractivity contribution in [2.45, 2.75) is 33.6 Å². The summed E-state index contributed by atoms with van der Waals surface area (Å²) in [6, 6.07) is 10.9. The van der Waals surface area contributed by atoms with Crippen molar-refractivity contribution < 1.29 is 4.79 Å². The quantitative estimate of drug-likeness (QED) is 0.720. The average molecular weight is 354 g/mol. The maximum Gasteiger partial charge on any atom is 0.255 e. The summed E-state index contributed by atoms with van der Waals surface area (Å²) in [5.41, 5.74) is 5.70. The summed E-state index contributed by atoms with van der Waals surface area (Å²) in [6.45, 7) is 6.09. The first-order chi connectivity index (χ1) is 12.0. The molecule has 0 saturated heterocycles. The number of benzene rings is 2. The van der Waals surface area contributed by atoms with E-state index < -0.39 is 0 Å². The molecule has 1 N–H and O–H groups in total. The van der Waals surface area contributed by atoms with E-state index in [0.717, 1.165) is 40.8 Å². The van der Waals surface area contributed by atoms with Crippen molar-refractivity contribution in [3.8, 4) is 0 Å². The van der Waals surface area contributed by atoms with Crippen LogP contribution in [0.1, 0.15) is 41.2 Å². The fraction of sp³-hybridized carbons (Fsp3) is 0.250. The third-order valence-electron chi connectivity index (χ3n) is 4.12. The molecule has 1 amide bonds. The van der Waals surface area contributed by atoms with E-state index in [2.05, 4.69) is 29.1 Å². The third kappa shape index (κ3) is 3.64. The molecule has 3 aromatic rings. The van der Waals surface area contributed by atoms with Crippen LogP contribution in [0.15, 0.2) is 36.4 Å². The number of aryl methyl sites for hydroxylation is 3. The lowest BCUT2D eigenvalue weighted by molar-refractivity contribution is 0.102. The van der Waals surface area contributed by atoms with Crippen LogP contribution in [0.5, 0.6) is 0 Å². The molecule has 0 saturated carbocycles. The number of rotatable bonds is 4. The zero-order valence-electron chi connectivity index (χ0n) is 14.6. The summed E-state index contributed by atoms with van der Waals surface area (Å²) in [6.07, 6.45) is 1.67. The van der Waals surface area contributed by atoms with Gasteiger partial charge in [-0.15, -0.1) is 0 Å². The maximum atomic E-state index is 12.6. The lowest BCUT2D eigenvalue weighted by Gasteiger charge is -2.10. The van der Waals surface area contributed by atoms with E-state index >= 15 is 0 Å². The SMILES string of the molecule is CCc1nc2ccc(C(=O)Nc3ccc(C)cc3Cl)cc2nc1CC. The molecule has 0 aliphatic heterocycles. The summed E-state index contributed by atoms with van der Waals surface area (Å²) in [4.78, 5) is 21.9. The van der Waals surface area contributed by atoms with Crippen molar-refractivity contribution in [2.24, 2.45) is 0 Å². The molecule has 0 radical (unpaired) electrons. The predicted molar refractivity (Wildman–Crippen MR) is 102 cm³/mol. The van der Waals surface area contributed by atoms with Gasteiger partial charge in [0.1, 0.15) is 0 Å². The second-order valence-corrected chi connectivity index (χ2v) is 6.37. The molecule has 4 nitrogen and oxygen atoms in total. The van der Waals surface area contributed by atoms with Crippen LogP contribution in [0.25, 0.3) is 11.0 Å². The van der Waals surface area contributed by atoms with Crippen molar-refractivity contribution in [1.82, 2.24) is 9.97 Å². The number of fused-ring (bicyclic) bond motifs is 1. The number of nitrogens with zero attached hydrogens (tertiary/aromatic N) is 2. The molecule has 0 spiro atoms. The highest BCUT2D eigenvalue weighted by Crippen LogP contribution is 2.24. The van der Waals surface area contributed by atoms with E-state index in [0.29, 0.717) is 16.3 Å². The minimum absolute atomic E-state index is 0.216. The fourth-order valence-electron chi connectivity index (χ4n) is 2.75. The molecular weight excluding hydrogens is 334 g/mol. The molecule has 2 aromatic carbocycles. The molecule has 128 valence electrons. The monoisotopic (exact) mass is 353 g/mol. The normalized spacial score (nSPS) is 10.9. The standard InChI is InChI=1S/C20H20ClN3O/c1-4-15-16(5-2)23-19-11-13(7-9-18(19)22-15)20(25)24-17-8-6-12(3)10-14(17)21/h6-11H,4-5H2,1-3H3,(H,24,25). The Morgan fingerprint density at radius 2 is 1.68 bits per heavy atom. The van der Waals surface area contributed by atoms with E-state index in [4.69, 9.17) is 11.6 Å². The van der Waals surface area contributed by atoms with Crippen LogP contribution >= 0.6 is 11.6 Å². The van der Waals surface area contributed by atoms with Crippen molar-refractivity contribution in [2.75, 3.05) is 5.32 Å². The molecule has 1 heterocycles. The summed E-state index contributed by atoms with van der Waals surface area (Å²) < 4.78 is 0. The Morgan fingerprint density at radius 3 is 2.32 bits per heavy atom. The highest BCUT2D eigenvalue weighted by atomic mass is 35.5. The molecule has 0 atom stereocenters. The van der Waals surface area contributed by atoms with Crippen molar-refractivity contribution >= 4 is 34.2 Å². The Kier molecular flexibility index (Phi) is 5.00. The number of carbonyl (C=O) groups is 1. The molecule has 1 aromatic heterocycles. The van der Waals surface area contributed by atoms with Gasteiger partial charge >= 0.3 is 0 Å². The summed E-state index contributed by atoms with van der Waals surface area (Å²) in [5.74, 6) is -0.216. The Morgan fingerprint density at radius 1 is 1.00 bits per heavy atom. The van der Waals surface area contributed by atoms with Gasteiger partial charge in [0.05, 0.1) is 33.1 Å². The van der Waals surface area contributed by atoms with Crippen LogP contribution in [0.2, 0.25) is 5.02 Å². The van der Waals surface area contributed by atoms with Gasteiger partial charge in [0.15, 0.2) is 0 Å². The number of halogens is 1. The average Bonchev–Trinajstić information content (AvgIpc) is 2.62. The zero-order chi connectivity index (χ0) is 18.0. The maximum absolute atomic E-state index is 12.6. The topological polar surface area (TPSA) is 54.9 Å². The van der Waals surface area contributed by atoms with E-state index in [-0.39, 0.29) is 5.91 Å². The Bertz CT molecular complexity index is 953. The summed E-state index contributed by atoms with van der Waals surface area (Å²) in [5, 5.41) is 3.37. The van der Waals surface area contributed by atoms with E-state index in [9.17, 15) is 4.79 Å². The lowest BCUT2D eigenvalue weighted by Crippen LogP contribution is -2.12. The second-order valence-electron chi connectivity index (χ2n) is 5.97. The minimum Gasteiger partial charge on any atom is -0.321 e. The first-order valence-corrected chi connectivity index (χ1v) is 8.76. The molecule has 0 fully saturated rings. The van der Waals surface area contributed by atoms with Gasteiger partial charge in [-0.3, -0.25) is 4.79 Å². The molecule has 3 rings (SSSR count). The second kappa shape index (κ2) is 7.19. The zero-order valence-corrected chi connectivity index (χ0v) is 15.3. The van der Waals surface area contributed by atoms with E-state index in [1.807, 2.05) is 25.1 Å². The highest BCUT2D eigenvalue weighted by molar-refractivity contribution is 6.34. The predicted octanol–water partition coefficient (Wildman–Crippen LogP) is 4.97. The number of nitrogens with one attached hydrogen (secondary N) is 1. The first-order valence-electron chi connectivity index (χ1n) is 8.38. The van der Waals surface area contributed by atoms with Gasteiger partial charge < -0.3 is 5.32 Å². The van der Waals surface area contributed by atoms with Gasteiger partial charge in [-0.05, 0) is 55.7 Å². The van der Waals surface area contributed by atoms with Crippen LogP contribution in [-0.2, 0) is 12.8 Å².